The Morgan fingerprint density at radius 2 is 2.33 bits per heavy atom. The van der Waals surface area contributed by atoms with E-state index in [0.29, 0.717) is 36.4 Å². The highest BCUT2D eigenvalue weighted by Crippen LogP contribution is 2.50. The first-order chi connectivity index (χ1) is 5.66. The van der Waals surface area contributed by atoms with Gasteiger partial charge in [-0.3, -0.25) is 4.79 Å². The molecular formula is C9H16N2O. The van der Waals surface area contributed by atoms with Gasteiger partial charge in [-0.1, -0.05) is 0 Å². The van der Waals surface area contributed by atoms with E-state index in [2.05, 4.69) is 13.8 Å². The predicted molar refractivity (Wildman–Crippen MR) is 46.4 cm³/mol. The number of carbonyl (C=O) groups is 1. The maximum atomic E-state index is 11.6. The monoisotopic (exact) mass is 168 g/mol. The van der Waals surface area contributed by atoms with Crippen molar-refractivity contribution in [3.63, 3.8) is 0 Å². The van der Waals surface area contributed by atoms with Crippen LogP contribution in [0.1, 0.15) is 20.3 Å². The SMILES string of the molecule is CC(C)N1C(=O)C2CC2C1CN. The summed E-state index contributed by atoms with van der Waals surface area (Å²) in [7, 11) is 0. The first-order valence-corrected chi connectivity index (χ1v) is 4.69. The second kappa shape index (κ2) is 2.46. The number of likely N-dealkylation sites (tertiary alicyclic amines) is 1. The molecule has 3 heteroatoms. The van der Waals surface area contributed by atoms with E-state index in [-0.39, 0.29) is 0 Å². The van der Waals surface area contributed by atoms with Crippen LogP contribution in [0.2, 0.25) is 0 Å². The normalized spacial score (nSPS) is 39.2. The maximum Gasteiger partial charge on any atom is 0.226 e. The van der Waals surface area contributed by atoms with E-state index < -0.39 is 0 Å². The van der Waals surface area contributed by atoms with Gasteiger partial charge < -0.3 is 10.6 Å². The van der Waals surface area contributed by atoms with Crippen LogP contribution in [0, 0.1) is 11.8 Å². The van der Waals surface area contributed by atoms with Gasteiger partial charge in [-0.2, -0.15) is 0 Å². The number of fused-ring (bicyclic) bond motifs is 1. The molecule has 12 heavy (non-hydrogen) atoms. The Kier molecular flexibility index (Phi) is 1.65. The molecule has 2 aliphatic rings. The second-order valence-corrected chi connectivity index (χ2v) is 4.15. The topological polar surface area (TPSA) is 46.3 Å². The van der Waals surface area contributed by atoms with Crippen molar-refractivity contribution in [3.05, 3.63) is 0 Å². The van der Waals surface area contributed by atoms with Gasteiger partial charge >= 0.3 is 0 Å². The van der Waals surface area contributed by atoms with Gasteiger partial charge in [0.1, 0.15) is 0 Å². The molecule has 1 heterocycles. The molecule has 0 radical (unpaired) electrons. The zero-order valence-electron chi connectivity index (χ0n) is 7.66. The molecule has 1 saturated carbocycles. The van der Waals surface area contributed by atoms with Crippen LogP contribution in [0.3, 0.4) is 0 Å². The quantitative estimate of drug-likeness (QED) is 0.640. The molecule has 0 bridgehead atoms. The smallest absolute Gasteiger partial charge is 0.226 e. The zero-order chi connectivity index (χ0) is 8.88. The van der Waals surface area contributed by atoms with E-state index in [1.165, 1.54) is 0 Å². The Hall–Kier alpha value is -0.570. The summed E-state index contributed by atoms with van der Waals surface area (Å²) < 4.78 is 0. The van der Waals surface area contributed by atoms with Gasteiger partial charge in [-0.25, -0.2) is 0 Å². The fraction of sp³-hybridized carbons (Fsp3) is 0.889. The van der Waals surface area contributed by atoms with Gasteiger partial charge in [0.2, 0.25) is 5.91 Å². The average Bonchev–Trinajstić information content (AvgIpc) is 2.72. The Morgan fingerprint density at radius 1 is 1.67 bits per heavy atom. The lowest BCUT2D eigenvalue weighted by molar-refractivity contribution is -0.133. The Bertz CT molecular complexity index is 215. The van der Waals surface area contributed by atoms with Crippen LogP contribution in [0.25, 0.3) is 0 Å². The van der Waals surface area contributed by atoms with Crippen LogP contribution in [-0.4, -0.2) is 29.4 Å². The maximum absolute atomic E-state index is 11.6. The van der Waals surface area contributed by atoms with Crippen LogP contribution in [-0.2, 0) is 4.79 Å². The van der Waals surface area contributed by atoms with Crippen LogP contribution < -0.4 is 5.73 Å². The first-order valence-electron chi connectivity index (χ1n) is 4.69. The van der Waals surface area contributed by atoms with Crippen molar-refractivity contribution in [1.29, 1.82) is 0 Å². The molecule has 1 saturated heterocycles. The molecular weight excluding hydrogens is 152 g/mol. The highest BCUT2D eigenvalue weighted by atomic mass is 16.2. The van der Waals surface area contributed by atoms with E-state index in [4.69, 9.17) is 5.73 Å². The minimum Gasteiger partial charge on any atom is -0.335 e. The predicted octanol–water partition coefficient (Wildman–Crippen LogP) is 0.200. The minimum absolute atomic E-state index is 0.318. The number of nitrogens with two attached hydrogens (primary N) is 1. The molecule has 0 aromatic heterocycles. The summed E-state index contributed by atoms with van der Waals surface area (Å²) >= 11 is 0. The van der Waals surface area contributed by atoms with Gasteiger partial charge in [0.15, 0.2) is 0 Å². The van der Waals surface area contributed by atoms with Crippen molar-refractivity contribution in [2.75, 3.05) is 6.54 Å². The minimum atomic E-state index is 0.318. The van der Waals surface area contributed by atoms with Crippen molar-refractivity contribution >= 4 is 5.91 Å². The second-order valence-electron chi connectivity index (χ2n) is 4.15. The lowest BCUT2D eigenvalue weighted by Gasteiger charge is -2.30. The number of piperidine rings is 1. The standard InChI is InChI=1S/C9H16N2O/c1-5(2)11-8(4-10)6-3-7(6)9(11)12/h5-8H,3-4,10H2,1-2H3. The van der Waals surface area contributed by atoms with Crippen molar-refractivity contribution in [2.45, 2.75) is 32.4 Å². The van der Waals surface area contributed by atoms with Crippen LogP contribution in [0.4, 0.5) is 0 Å². The number of rotatable bonds is 2. The van der Waals surface area contributed by atoms with E-state index in [0.717, 1.165) is 6.42 Å². The Labute approximate surface area is 72.9 Å². The van der Waals surface area contributed by atoms with Crippen LogP contribution in [0.5, 0.6) is 0 Å². The zero-order valence-corrected chi connectivity index (χ0v) is 7.66. The highest BCUT2D eigenvalue weighted by Gasteiger charge is 2.58. The number of hydrogen-bond donors (Lipinski definition) is 1. The largest absolute Gasteiger partial charge is 0.335 e. The molecule has 68 valence electrons. The van der Waals surface area contributed by atoms with Crippen LogP contribution >= 0.6 is 0 Å². The highest BCUT2D eigenvalue weighted by molar-refractivity contribution is 5.85. The third-order valence-electron chi connectivity index (χ3n) is 3.06. The molecule has 3 unspecified atom stereocenters. The molecule has 3 atom stereocenters. The fourth-order valence-corrected chi connectivity index (χ4v) is 2.41. The number of nitrogens with zero attached hydrogens (tertiary/aromatic N) is 1. The van der Waals surface area contributed by atoms with Crippen molar-refractivity contribution in [2.24, 2.45) is 17.6 Å². The number of amides is 1. The van der Waals surface area contributed by atoms with Gasteiger partial charge in [0, 0.05) is 24.5 Å². The summed E-state index contributed by atoms with van der Waals surface area (Å²) in [6.45, 7) is 4.75. The van der Waals surface area contributed by atoms with Crippen molar-refractivity contribution < 1.29 is 4.79 Å². The molecule has 3 nitrogen and oxygen atoms in total. The molecule has 1 aliphatic carbocycles. The summed E-state index contributed by atoms with van der Waals surface area (Å²) in [6, 6.07) is 0.654. The first kappa shape index (κ1) is 8.05. The molecule has 2 N–H and O–H groups in total. The third kappa shape index (κ3) is 0.891. The molecule has 1 amide bonds. The molecule has 0 spiro atoms. The van der Waals surface area contributed by atoms with Gasteiger partial charge in [-0.05, 0) is 26.2 Å². The third-order valence-corrected chi connectivity index (χ3v) is 3.06. The average molecular weight is 168 g/mol. The van der Waals surface area contributed by atoms with E-state index in [1.807, 2.05) is 4.90 Å². The summed E-state index contributed by atoms with van der Waals surface area (Å²) in [4.78, 5) is 13.6. The summed E-state index contributed by atoms with van der Waals surface area (Å²) in [5.74, 6) is 1.26. The van der Waals surface area contributed by atoms with Crippen molar-refractivity contribution in [3.8, 4) is 0 Å². The van der Waals surface area contributed by atoms with Crippen LogP contribution in [0.15, 0.2) is 0 Å². The molecule has 2 rings (SSSR count). The lowest BCUT2D eigenvalue weighted by Crippen LogP contribution is -2.45. The molecule has 1 aliphatic heterocycles. The van der Waals surface area contributed by atoms with E-state index >= 15 is 0 Å². The van der Waals surface area contributed by atoms with Crippen molar-refractivity contribution in [1.82, 2.24) is 4.90 Å². The summed E-state index contributed by atoms with van der Waals surface area (Å²) in [5, 5.41) is 0. The van der Waals surface area contributed by atoms with Gasteiger partial charge in [0.05, 0.1) is 0 Å². The number of hydrogen-bond acceptors (Lipinski definition) is 2. The lowest BCUT2D eigenvalue weighted by atomic mass is 10.1. The van der Waals surface area contributed by atoms with Gasteiger partial charge in [0.25, 0.3) is 0 Å². The fourth-order valence-electron chi connectivity index (χ4n) is 2.41. The van der Waals surface area contributed by atoms with E-state index in [9.17, 15) is 4.79 Å². The van der Waals surface area contributed by atoms with Gasteiger partial charge in [-0.15, -0.1) is 0 Å². The Balaban J connectivity index is 2.16. The summed E-state index contributed by atoms with van der Waals surface area (Å²) in [6.07, 6.45) is 1.09. The summed E-state index contributed by atoms with van der Waals surface area (Å²) in [5.41, 5.74) is 5.65. The number of carbonyl (C=O) groups excluding carboxylic acids is 1. The molecule has 0 aromatic rings. The van der Waals surface area contributed by atoms with E-state index in [1.54, 1.807) is 0 Å². The molecule has 0 aromatic carbocycles. The Morgan fingerprint density at radius 3 is 2.75 bits per heavy atom. The molecule has 2 fully saturated rings.